The van der Waals surface area contributed by atoms with Gasteiger partial charge in [0, 0.05) is 22.0 Å². The first-order valence-electron chi connectivity index (χ1n) is 4.68. The van der Waals surface area contributed by atoms with Gasteiger partial charge in [0.15, 0.2) is 0 Å². The number of nitrogens with one attached hydrogen (secondary N) is 1. The Labute approximate surface area is 103 Å². The lowest BCUT2D eigenvalue weighted by Crippen LogP contribution is -2.30. The molecule has 0 spiro atoms. The van der Waals surface area contributed by atoms with Crippen molar-refractivity contribution in [1.82, 2.24) is 4.98 Å². The summed E-state index contributed by atoms with van der Waals surface area (Å²) in [5.74, 6) is 0. The number of rotatable bonds is 5. The van der Waals surface area contributed by atoms with Crippen LogP contribution in [0.1, 0.15) is 6.92 Å². The molecular weight excluding hydrogens is 276 g/mol. The lowest BCUT2D eigenvalue weighted by molar-refractivity contribution is 0.288. The number of nitrogens with zero attached hydrogens (tertiary/aromatic N) is 1. The molecule has 0 bridgehead atoms. The Morgan fingerprint density at radius 2 is 2.33 bits per heavy atom. The SMILES string of the molecule is CSC(CO)C(C)Nc1cncc(Br)c1. The third kappa shape index (κ3) is 4.01. The van der Waals surface area contributed by atoms with Crippen LogP contribution in [0.2, 0.25) is 0 Å². The van der Waals surface area contributed by atoms with E-state index in [-0.39, 0.29) is 17.9 Å². The van der Waals surface area contributed by atoms with E-state index in [4.69, 9.17) is 5.11 Å². The van der Waals surface area contributed by atoms with Crippen molar-refractivity contribution in [2.24, 2.45) is 0 Å². The van der Waals surface area contributed by atoms with E-state index in [0.717, 1.165) is 10.2 Å². The van der Waals surface area contributed by atoms with Gasteiger partial charge in [0.1, 0.15) is 0 Å². The van der Waals surface area contributed by atoms with Crippen LogP contribution in [0.3, 0.4) is 0 Å². The van der Waals surface area contributed by atoms with E-state index in [1.165, 1.54) is 0 Å². The summed E-state index contributed by atoms with van der Waals surface area (Å²) in [6.07, 6.45) is 5.52. The molecule has 0 radical (unpaired) electrons. The van der Waals surface area contributed by atoms with Crippen molar-refractivity contribution in [3.63, 3.8) is 0 Å². The molecule has 0 fully saturated rings. The van der Waals surface area contributed by atoms with E-state index < -0.39 is 0 Å². The quantitative estimate of drug-likeness (QED) is 0.874. The number of aliphatic hydroxyl groups excluding tert-OH is 1. The minimum absolute atomic E-state index is 0.177. The largest absolute Gasteiger partial charge is 0.395 e. The molecule has 3 nitrogen and oxygen atoms in total. The molecule has 1 heterocycles. The minimum Gasteiger partial charge on any atom is -0.395 e. The highest BCUT2D eigenvalue weighted by Gasteiger charge is 2.14. The van der Waals surface area contributed by atoms with Crippen LogP contribution in [0.15, 0.2) is 22.9 Å². The predicted octanol–water partition coefficient (Wildman–Crippen LogP) is 2.37. The first-order chi connectivity index (χ1) is 7.17. The Bertz CT molecular complexity index is 307. The summed E-state index contributed by atoms with van der Waals surface area (Å²) in [5, 5.41) is 12.7. The molecule has 2 N–H and O–H groups in total. The van der Waals surface area contributed by atoms with Gasteiger partial charge in [-0.15, -0.1) is 0 Å². The maximum Gasteiger partial charge on any atom is 0.0569 e. The van der Waals surface area contributed by atoms with Crippen molar-refractivity contribution < 1.29 is 5.11 Å². The number of halogens is 1. The van der Waals surface area contributed by atoms with E-state index in [9.17, 15) is 0 Å². The van der Waals surface area contributed by atoms with Gasteiger partial charge in [-0.05, 0) is 35.2 Å². The van der Waals surface area contributed by atoms with Gasteiger partial charge in [-0.1, -0.05) is 0 Å². The van der Waals surface area contributed by atoms with E-state index in [0.29, 0.717) is 0 Å². The third-order valence-electron chi connectivity index (χ3n) is 2.14. The van der Waals surface area contributed by atoms with Gasteiger partial charge in [0.2, 0.25) is 0 Å². The molecular formula is C10H15BrN2OS. The number of thioether (sulfide) groups is 1. The smallest absolute Gasteiger partial charge is 0.0569 e. The Morgan fingerprint density at radius 1 is 1.60 bits per heavy atom. The summed E-state index contributed by atoms with van der Waals surface area (Å²) in [4.78, 5) is 4.07. The third-order valence-corrected chi connectivity index (χ3v) is 3.74. The first kappa shape index (κ1) is 12.8. The Morgan fingerprint density at radius 3 is 2.87 bits per heavy atom. The monoisotopic (exact) mass is 290 g/mol. The molecule has 2 atom stereocenters. The van der Waals surface area contributed by atoms with Crippen molar-refractivity contribution in [3.8, 4) is 0 Å². The highest BCUT2D eigenvalue weighted by molar-refractivity contribution is 9.10. The molecule has 15 heavy (non-hydrogen) atoms. The zero-order chi connectivity index (χ0) is 11.3. The summed E-state index contributed by atoms with van der Waals surface area (Å²) in [6, 6.07) is 2.18. The Balaban J connectivity index is 2.61. The van der Waals surface area contributed by atoms with Crippen LogP contribution in [0.5, 0.6) is 0 Å². The van der Waals surface area contributed by atoms with Gasteiger partial charge in [-0.2, -0.15) is 11.8 Å². The molecule has 0 saturated heterocycles. The molecule has 0 saturated carbocycles. The van der Waals surface area contributed by atoms with Crippen molar-refractivity contribution in [1.29, 1.82) is 0 Å². The van der Waals surface area contributed by atoms with Gasteiger partial charge in [-0.3, -0.25) is 4.98 Å². The standard InChI is InChI=1S/C10H15BrN2OS/c1-7(10(6-14)15-2)13-9-3-8(11)4-12-5-9/h3-5,7,10,13-14H,6H2,1-2H3. The second-order valence-corrected chi connectivity index (χ2v) is 5.27. The van der Waals surface area contributed by atoms with Crippen LogP contribution in [0.25, 0.3) is 0 Å². The van der Waals surface area contributed by atoms with Gasteiger partial charge < -0.3 is 10.4 Å². The van der Waals surface area contributed by atoms with Crippen molar-refractivity contribution >= 4 is 33.4 Å². The van der Waals surface area contributed by atoms with E-state index in [2.05, 4.69) is 33.2 Å². The fourth-order valence-corrected chi connectivity index (χ4v) is 2.27. The van der Waals surface area contributed by atoms with Crippen molar-refractivity contribution in [3.05, 3.63) is 22.9 Å². The molecule has 2 unspecified atom stereocenters. The summed E-state index contributed by atoms with van der Waals surface area (Å²) < 4.78 is 0.949. The molecule has 0 aliphatic carbocycles. The lowest BCUT2D eigenvalue weighted by Gasteiger charge is -2.22. The highest BCUT2D eigenvalue weighted by atomic mass is 79.9. The second kappa shape index (κ2) is 6.35. The summed E-state index contributed by atoms with van der Waals surface area (Å²) in [5.41, 5.74) is 0.962. The van der Waals surface area contributed by atoms with Gasteiger partial charge in [0.05, 0.1) is 18.5 Å². The van der Waals surface area contributed by atoms with E-state index >= 15 is 0 Å². The van der Waals surface area contributed by atoms with E-state index in [1.807, 2.05) is 12.3 Å². The summed E-state index contributed by atoms with van der Waals surface area (Å²) >= 11 is 5.02. The first-order valence-corrected chi connectivity index (χ1v) is 6.76. The van der Waals surface area contributed by atoms with Crippen LogP contribution in [-0.2, 0) is 0 Å². The maximum atomic E-state index is 9.14. The molecule has 0 aliphatic heterocycles. The molecule has 5 heteroatoms. The Kier molecular flexibility index (Phi) is 5.42. The zero-order valence-electron chi connectivity index (χ0n) is 8.77. The second-order valence-electron chi connectivity index (χ2n) is 3.28. The average molecular weight is 291 g/mol. The average Bonchev–Trinajstić information content (AvgIpc) is 2.19. The molecule has 1 aromatic heterocycles. The number of aliphatic hydroxyl groups is 1. The topological polar surface area (TPSA) is 45.1 Å². The normalized spacial score (nSPS) is 14.7. The number of aromatic nitrogens is 1. The molecule has 1 aromatic rings. The lowest BCUT2D eigenvalue weighted by atomic mass is 10.2. The summed E-state index contributed by atoms with van der Waals surface area (Å²) in [7, 11) is 0. The summed E-state index contributed by atoms with van der Waals surface area (Å²) in [6.45, 7) is 2.23. The number of pyridine rings is 1. The minimum atomic E-state index is 0.177. The van der Waals surface area contributed by atoms with Crippen molar-refractivity contribution in [2.75, 3.05) is 18.2 Å². The van der Waals surface area contributed by atoms with Crippen LogP contribution >= 0.6 is 27.7 Å². The van der Waals surface area contributed by atoms with Crippen LogP contribution in [0, 0.1) is 0 Å². The Hall–Kier alpha value is -0.260. The molecule has 1 rings (SSSR count). The predicted molar refractivity (Wildman–Crippen MR) is 69.4 cm³/mol. The molecule has 84 valence electrons. The van der Waals surface area contributed by atoms with Crippen molar-refractivity contribution in [2.45, 2.75) is 18.2 Å². The van der Waals surface area contributed by atoms with Crippen LogP contribution in [0.4, 0.5) is 5.69 Å². The highest BCUT2D eigenvalue weighted by Crippen LogP contribution is 2.18. The molecule has 0 aromatic carbocycles. The molecule has 0 amide bonds. The zero-order valence-corrected chi connectivity index (χ0v) is 11.2. The fraction of sp³-hybridized carbons (Fsp3) is 0.500. The van der Waals surface area contributed by atoms with Gasteiger partial charge in [-0.25, -0.2) is 0 Å². The number of anilines is 1. The fourth-order valence-electron chi connectivity index (χ4n) is 1.28. The van der Waals surface area contributed by atoms with Gasteiger partial charge >= 0.3 is 0 Å². The number of hydrogen-bond acceptors (Lipinski definition) is 4. The number of hydrogen-bond donors (Lipinski definition) is 2. The molecule has 0 aliphatic rings. The van der Waals surface area contributed by atoms with Crippen LogP contribution < -0.4 is 5.32 Å². The van der Waals surface area contributed by atoms with Crippen LogP contribution in [-0.4, -0.2) is 34.2 Å². The van der Waals surface area contributed by atoms with Gasteiger partial charge in [0.25, 0.3) is 0 Å². The van der Waals surface area contributed by atoms with E-state index in [1.54, 1.807) is 24.2 Å². The maximum absolute atomic E-state index is 9.14.